The van der Waals surface area contributed by atoms with Crippen LogP contribution in [0.2, 0.25) is 0 Å². The Hall–Kier alpha value is -2.02. The molecule has 1 aromatic rings. The quantitative estimate of drug-likeness (QED) is 0.612. The number of amides is 1. The Labute approximate surface area is 96.8 Å². The second kappa shape index (κ2) is 5.35. The molecule has 0 heterocycles. The summed E-state index contributed by atoms with van der Waals surface area (Å²) in [6.45, 7) is 1.69. The van der Waals surface area contributed by atoms with Crippen molar-refractivity contribution in [2.75, 3.05) is 11.9 Å². The van der Waals surface area contributed by atoms with Crippen LogP contribution in [0, 0.1) is 21.8 Å². The lowest BCUT2D eigenvalue weighted by atomic mass is 10.1. The highest BCUT2D eigenvalue weighted by atomic mass is 19.1. The molecule has 1 unspecified atom stereocenters. The maximum Gasteiger partial charge on any atom is 0.271 e. The van der Waals surface area contributed by atoms with Gasteiger partial charge in [-0.15, -0.1) is 0 Å². The van der Waals surface area contributed by atoms with Gasteiger partial charge in [-0.1, -0.05) is 6.92 Å². The standard InChI is InChI=1S/C10H12FN3O3/c1-6(5-12)10(15)13-9-4-7(14(16)17)2-3-8(9)11/h2-4,6H,5,12H2,1H3,(H,13,15). The van der Waals surface area contributed by atoms with E-state index in [-0.39, 0.29) is 17.9 Å². The van der Waals surface area contributed by atoms with Gasteiger partial charge in [-0.25, -0.2) is 4.39 Å². The van der Waals surface area contributed by atoms with E-state index in [0.29, 0.717) is 0 Å². The van der Waals surface area contributed by atoms with Crippen LogP contribution < -0.4 is 11.1 Å². The second-order valence-electron chi connectivity index (χ2n) is 3.55. The Balaban J connectivity index is 2.94. The van der Waals surface area contributed by atoms with Gasteiger partial charge >= 0.3 is 0 Å². The number of rotatable bonds is 4. The maximum absolute atomic E-state index is 13.3. The number of benzene rings is 1. The molecule has 0 bridgehead atoms. The number of carbonyl (C=O) groups excluding carboxylic acids is 1. The van der Waals surface area contributed by atoms with Crippen molar-refractivity contribution in [3.63, 3.8) is 0 Å². The first-order valence-electron chi connectivity index (χ1n) is 4.90. The van der Waals surface area contributed by atoms with Crippen LogP contribution in [0.1, 0.15) is 6.92 Å². The van der Waals surface area contributed by atoms with Crippen molar-refractivity contribution < 1.29 is 14.1 Å². The lowest BCUT2D eigenvalue weighted by molar-refractivity contribution is -0.384. The third-order valence-corrected chi connectivity index (χ3v) is 2.22. The van der Waals surface area contributed by atoms with Crippen LogP contribution in [0.4, 0.5) is 15.8 Å². The summed E-state index contributed by atoms with van der Waals surface area (Å²) in [5, 5.41) is 12.7. The van der Waals surface area contributed by atoms with Gasteiger partial charge in [-0.2, -0.15) is 0 Å². The highest BCUT2D eigenvalue weighted by Crippen LogP contribution is 2.21. The number of anilines is 1. The molecule has 0 aliphatic carbocycles. The molecule has 0 aliphatic rings. The predicted octanol–water partition coefficient (Wildman–Crippen LogP) is 1.27. The van der Waals surface area contributed by atoms with Crippen molar-refractivity contribution in [2.24, 2.45) is 11.7 Å². The summed E-state index contributed by atoms with van der Waals surface area (Å²) < 4.78 is 13.3. The van der Waals surface area contributed by atoms with E-state index in [1.165, 1.54) is 0 Å². The summed E-state index contributed by atoms with van der Waals surface area (Å²) >= 11 is 0. The Kier molecular flexibility index (Phi) is 4.11. The zero-order valence-corrected chi connectivity index (χ0v) is 9.14. The van der Waals surface area contributed by atoms with Gasteiger partial charge in [0, 0.05) is 24.6 Å². The first-order valence-corrected chi connectivity index (χ1v) is 4.90. The van der Waals surface area contributed by atoms with E-state index < -0.39 is 22.6 Å². The minimum atomic E-state index is -0.729. The number of nitrogens with two attached hydrogens (primary N) is 1. The van der Waals surface area contributed by atoms with Gasteiger partial charge in [0.15, 0.2) is 0 Å². The first-order chi connectivity index (χ1) is 7.95. The number of halogens is 1. The number of nitrogens with one attached hydrogen (secondary N) is 1. The minimum absolute atomic E-state index is 0.113. The van der Waals surface area contributed by atoms with E-state index >= 15 is 0 Å². The fourth-order valence-electron chi connectivity index (χ4n) is 1.09. The Morgan fingerprint density at radius 1 is 1.65 bits per heavy atom. The van der Waals surface area contributed by atoms with Gasteiger partial charge in [0.05, 0.1) is 10.6 Å². The third-order valence-electron chi connectivity index (χ3n) is 2.22. The third kappa shape index (κ3) is 3.22. The zero-order valence-electron chi connectivity index (χ0n) is 9.14. The summed E-state index contributed by atoms with van der Waals surface area (Å²) in [6, 6.07) is 2.93. The van der Waals surface area contributed by atoms with E-state index in [1.807, 2.05) is 0 Å². The Bertz CT molecular complexity index is 450. The molecule has 7 heteroatoms. The van der Waals surface area contributed by atoms with Gasteiger partial charge in [0.1, 0.15) is 5.82 Å². The van der Waals surface area contributed by atoms with Crippen molar-refractivity contribution in [1.82, 2.24) is 0 Å². The molecule has 0 spiro atoms. The average Bonchev–Trinajstić information content (AvgIpc) is 2.30. The van der Waals surface area contributed by atoms with Gasteiger partial charge in [0.25, 0.3) is 5.69 Å². The molecule has 1 amide bonds. The summed E-state index contributed by atoms with van der Waals surface area (Å²) in [5.74, 6) is -1.70. The molecule has 0 fully saturated rings. The molecule has 1 rings (SSSR count). The number of hydrogen-bond acceptors (Lipinski definition) is 4. The van der Waals surface area contributed by atoms with E-state index in [9.17, 15) is 19.3 Å². The fraction of sp³-hybridized carbons (Fsp3) is 0.300. The van der Waals surface area contributed by atoms with Crippen LogP contribution in [0.3, 0.4) is 0 Å². The van der Waals surface area contributed by atoms with Crippen LogP contribution >= 0.6 is 0 Å². The molecular formula is C10H12FN3O3. The summed E-state index contributed by atoms with van der Waals surface area (Å²) in [7, 11) is 0. The lowest BCUT2D eigenvalue weighted by Gasteiger charge is -2.10. The molecule has 1 aromatic carbocycles. The summed E-state index contributed by atoms with van der Waals surface area (Å²) in [5.41, 5.74) is 4.77. The number of nitrogens with zero attached hydrogens (tertiary/aromatic N) is 1. The predicted molar refractivity (Wildman–Crippen MR) is 59.9 cm³/mol. The number of non-ortho nitro benzene ring substituents is 1. The monoisotopic (exact) mass is 241 g/mol. The lowest BCUT2D eigenvalue weighted by Crippen LogP contribution is -2.27. The van der Waals surface area contributed by atoms with E-state index in [0.717, 1.165) is 18.2 Å². The molecule has 17 heavy (non-hydrogen) atoms. The smallest absolute Gasteiger partial charge is 0.271 e. The average molecular weight is 241 g/mol. The summed E-state index contributed by atoms with van der Waals surface area (Å²) in [4.78, 5) is 21.3. The van der Waals surface area contributed by atoms with Crippen molar-refractivity contribution >= 4 is 17.3 Å². The number of nitro benzene ring substituents is 1. The van der Waals surface area contributed by atoms with Crippen LogP contribution in [0.5, 0.6) is 0 Å². The highest BCUT2D eigenvalue weighted by molar-refractivity contribution is 5.92. The minimum Gasteiger partial charge on any atom is -0.330 e. The van der Waals surface area contributed by atoms with E-state index in [2.05, 4.69) is 5.32 Å². The highest BCUT2D eigenvalue weighted by Gasteiger charge is 2.16. The molecule has 0 saturated heterocycles. The molecule has 1 atom stereocenters. The normalized spacial score (nSPS) is 11.9. The number of hydrogen-bond donors (Lipinski definition) is 2. The fourth-order valence-corrected chi connectivity index (χ4v) is 1.09. The molecule has 0 aromatic heterocycles. The van der Waals surface area contributed by atoms with Crippen molar-refractivity contribution in [3.8, 4) is 0 Å². The topological polar surface area (TPSA) is 98.3 Å². The van der Waals surface area contributed by atoms with Gasteiger partial charge in [0.2, 0.25) is 5.91 Å². The molecule has 0 aliphatic heterocycles. The molecule has 92 valence electrons. The van der Waals surface area contributed by atoms with Crippen molar-refractivity contribution in [2.45, 2.75) is 6.92 Å². The van der Waals surface area contributed by atoms with E-state index in [1.54, 1.807) is 6.92 Å². The zero-order chi connectivity index (χ0) is 13.0. The van der Waals surface area contributed by atoms with Crippen LogP contribution in [-0.2, 0) is 4.79 Å². The van der Waals surface area contributed by atoms with Crippen molar-refractivity contribution in [3.05, 3.63) is 34.1 Å². The van der Waals surface area contributed by atoms with Crippen LogP contribution in [-0.4, -0.2) is 17.4 Å². The first kappa shape index (κ1) is 13.0. The Morgan fingerprint density at radius 2 is 2.29 bits per heavy atom. The number of nitro groups is 1. The molecule has 6 nitrogen and oxygen atoms in total. The van der Waals surface area contributed by atoms with Crippen LogP contribution in [0.25, 0.3) is 0 Å². The van der Waals surface area contributed by atoms with Crippen LogP contribution in [0.15, 0.2) is 18.2 Å². The summed E-state index contributed by atoms with van der Waals surface area (Å²) in [6.07, 6.45) is 0. The number of carbonyl (C=O) groups is 1. The largest absolute Gasteiger partial charge is 0.330 e. The van der Waals surface area contributed by atoms with Gasteiger partial charge < -0.3 is 11.1 Å². The SMILES string of the molecule is CC(CN)C(=O)Nc1cc([N+](=O)[O-])ccc1F. The molecule has 3 N–H and O–H groups in total. The van der Waals surface area contributed by atoms with Crippen molar-refractivity contribution in [1.29, 1.82) is 0 Å². The van der Waals surface area contributed by atoms with E-state index in [4.69, 9.17) is 5.73 Å². The molecule has 0 saturated carbocycles. The Morgan fingerprint density at radius 3 is 2.82 bits per heavy atom. The molecule has 0 radical (unpaired) electrons. The maximum atomic E-state index is 13.3. The second-order valence-corrected chi connectivity index (χ2v) is 3.55. The van der Waals surface area contributed by atoms with Gasteiger partial charge in [-0.3, -0.25) is 14.9 Å². The molecular weight excluding hydrogens is 229 g/mol. The van der Waals surface area contributed by atoms with Gasteiger partial charge in [-0.05, 0) is 6.07 Å².